The number of aryl methyl sites for hydroxylation is 2. The van der Waals surface area contributed by atoms with Crippen LogP contribution >= 0.6 is 0 Å². The second-order valence-corrected chi connectivity index (χ2v) is 6.73. The first-order valence-electron chi connectivity index (χ1n) is 9.26. The topological polar surface area (TPSA) is 63.2 Å². The number of benzene rings is 2. The van der Waals surface area contributed by atoms with Gasteiger partial charge in [-0.05, 0) is 67.3 Å². The molecule has 5 nitrogen and oxygen atoms in total. The molecule has 0 saturated heterocycles. The van der Waals surface area contributed by atoms with E-state index in [1.54, 1.807) is 19.4 Å². The fourth-order valence-electron chi connectivity index (χ4n) is 2.87. The molecular formula is C23H25N3O2. The van der Waals surface area contributed by atoms with Crippen molar-refractivity contribution in [3.05, 3.63) is 83.2 Å². The summed E-state index contributed by atoms with van der Waals surface area (Å²) in [6.07, 6.45) is 2.41. The third kappa shape index (κ3) is 5.10. The number of hydrogen-bond acceptors (Lipinski definition) is 4. The number of carbonyl (C=O) groups is 1. The molecule has 0 atom stereocenters. The number of ether oxygens (including phenoxy) is 1. The molecule has 0 saturated carbocycles. The Morgan fingerprint density at radius 3 is 2.68 bits per heavy atom. The molecule has 0 aliphatic rings. The summed E-state index contributed by atoms with van der Waals surface area (Å²) >= 11 is 0. The predicted octanol–water partition coefficient (Wildman–Crippen LogP) is 4.42. The van der Waals surface area contributed by atoms with Crippen molar-refractivity contribution >= 4 is 17.3 Å². The van der Waals surface area contributed by atoms with Crippen LogP contribution in [0.2, 0.25) is 0 Å². The number of anilines is 2. The van der Waals surface area contributed by atoms with Gasteiger partial charge in [0.1, 0.15) is 11.4 Å². The van der Waals surface area contributed by atoms with E-state index in [9.17, 15) is 4.79 Å². The van der Waals surface area contributed by atoms with Crippen LogP contribution in [0.15, 0.2) is 60.8 Å². The van der Waals surface area contributed by atoms with Gasteiger partial charge in [-0.3, -0.25) is 4.79 Å². The van der Waals surface area contributed by atoms with E-state index in [1.165, 1.54) is 5.56 Å². The Kier molecular flexibility index (Phi) is 6.27. The summed E-state index contributed by atoms with van der Waals surface area (Å²) in [5.74, 6) is 0.638. The lowest BCUT2D eigenvalue weighted by Gasteiger charge is -2.11. The van der Waals surface area contributed by atoms with Crippen LogP contribution in [-0.2, 0) is 6.42 Å². The number of nitrogens with one attached hydrogen (secondary N) is 2. The zero-order valence-corrected chi connectivity index (χ0v) is 16.5. The fraction of sp³-hybridized carbons (Fsp3) is 0.217. The summed E-state index contributed by atoms with van der Waals surface area (Å²) in [5, 5.41) is 6.26. The highest BCUT2D eigenvalue weighted by Gasteiger charge is 2.07. The van der Waals surface area contributed by atoms with Crippen LogP contribution in [0, 0.1) is 13.8 Å². The van der Waals surface area contributed by atoms with Gasteiger partial charge in [-0.15, -0.1) is 0 Å². The third-order valence-electron chi connectivity index (χ3n) is 4.50. The second-order valence-electron chi connectivity index (χ2n) is 6.73. The van der Waals surface area contributed by atoms with Gasteiger partial charge in [0.2, 0.25) is 0 Å². The molecule has 5 heteroatoms. The second kappa shape index (κ2) is 9.04. The molecule has 2 aromatic carbocycles. The Morgan fingerprint density at radius 2 is 1.93 bits per heavy atom. The highest BCUT2D eigenvalue weighted by Crippen LogP contribution is 2.21. The SMILES string of the molecule is COc1cccc(CCNC(=O)c2ccc(Nc3cc(C)ccc3C)cn2)c1. The molecule has 0 aliphatic carbocycles. The minimum atomic E-state index is -0.179. The van der Waals surface area contributed by atoms with Crippen LogP contribution in [-0.4, -0.2) is 24.5 Å². The number of rotatable bonds is 7. The maximum absolute atomic E-state index is 12.3. The zero-order valence-electron chi connectivity index (χ0n) is 16.5. The monoisotopic (exact) mass is 375 g/mol. The van der Waals surface area contributed by atoms with Crippen molar-refractivity contribution in [2.24, 2.45) is 0 Å². The summed E-state index contributed by atoms with van der Waals surface area (Å²) in [6.45, 7) is 4.65. The highest BCUT2D eigenvalue weighted by atomic mass is 16.5. The first kappa shape index (κ1) is 19.4. The average Bonchev–Trinajstić information content (AvgIpc) is 2.71. The van der Waals surface area contributed by atoms with Gasteiger partial charge >= 0.3 is 0 Å². The Balaban J connectivity index is 1.55. The summed E-state index contributed by atoms with van der Waals surface area (Å²) in [4.78, 5) is 16.6. The molecule has 3 aromatic rings. The van der Waals surface area contributed by atoms with Crippen molar-refractivity contribution < 1.29 is 9.53 Å². The number of nitrogens with zero attached hydrogens (tertiary/aromatic N) is 1. The van der Waals surface area contributed by atoms with E-state index in [0.717, 1.165) is 34.7 Å². The molecule has 1 heterocycles. The third-order valence-corrected chi connectivity index (χ3v) is 4.50. The van der Waals surface area contributed by atoms with E-state index in [4.69, 9.17) is 4.74 Å². The average molecular weight is 375 g/mol. The molecule has 28 heavy (non-hydrogen) atoms. The molecule has 0 bridgehead atoms. The van der Waals surface area contributed by atoms with Crippen molar-refractivity contribution in [2.75, 3.05) is 19.0 Å². The van der Waals surface area contributed by atoms with E-state index < -0.39 is 0 Å². The van der Waals surface area contributed by atoms with Crippen molar-refractivity contribution in [3.8, 4) is 5.75 Å². The first-order chi connectivity index (χ1) is 13.5. The molecule has 0 unspecified atom stereocenters. The van der Waals surface area contributed by atoms with Crippen LogP contribution in [0.25, 0.3) is 0 Å². The zero-order chi connectivity index (χ0) is 19.9. The van der Waals surface area contributed by atoms with Crippen molar-refractivity contribution in [2.45, 2.75) is 20.3 Å². The Labute approximate surface area is 165 Å². The van der Waals surface area contributed by atoms with Crippen LogP contribution in [0.1, 0.15) is 27.2 Å². The van der Waals surface area contributed by atoms with E-state index in [0.29, 0.717) is 12.2 Å². The van der Waals surface area contributed by atoms with Gasteiger partial charge < -0.3 is 15.4 Å². The van der Waals surface area contributed by atoms with Crippen molar-refractivity contribution in [1.29, 1.82) is 0 Å². The van der Waals surface area contributed by atoms with Gasteiger partial charge in [0.15, 0.2) is 0 Å². The molecule has 0 fully saturated rings. The van der Waals surface area contributed by atoms with Crippen LogP contribution in [0.4, 0.5) is 11.4 Å². The Hall–Kier alpha value is -3.34. The minimum Gasteiger partial charge on any atom is -0.497 e. The van der Waals surface area contributed by atoms with Gasteiger partial charge in [-0.2, -0.15) is 0 Å². The summed E-state index contributed by atoms with van der Waals surface area (Å²) in [7, 11) is 1.64. The molecule has 1 aromatic heterocycles. The van der Waals surface area contributed by atoms with E-state index >= 15 is 0 Å². The maximum Gasteiger partial charge on any atom is 0.269 e. The number of amides is 1. The largest absolute Gasteiger partial charge is 0.497 e. The van der Waals surface area contributed by atoms with Crippen LogP contribution < -0.4 is 15.4 Å². The molecule has 144 valence electrons. The lowest BCUT2D eigenvalue weighted by Crippen LogP contribution is -2.26. The number of carbonyl (C=O) groups excluding carboxylic acids is 1. The predicted molar refractivity (Wildman–Crippen MR) is 112 cm³/mol. The first-order valence-corrected chi connectivity index (χ1v) is 9.26. The smallest absolute Gasteiger partial charge is 0.269 e. The number of pyridine rings is 1. The van der Waals surface area contributed by atoms with Crippen molar-refractivity contribution in [3.63, 3.8) is 0 Å². The van der Waals surface area contributed by atoms with Gasteiger partial charge in [-0.25, -0.2) is 4.98 Å². The molecule has 2 N–H and O–H groups in total. The minimum absolute atomic E-state index is 0.179. The van der Waals surface area contributed by atoms with Gasteiger partial charge in [0.05, 0.1) is 19.0 Å². The van der Waals surface area contributed by atoms with Gasteiger partial charge in [-0.1, -0.05) is 24.3 Å². The Morgan fingerprint density at radius 1 is 1.07 bits per heavy atom. The summed E-state index contributed by atoms with van der Waals surface area (Å²) in [6, 6.07) is 17.7. The standard InChI is InChI=1S/C23H25N3O2/c1-16-7-8-17(2)22(13-16)26-19-9-10-21(25-15-19)23(27)24-12-11-18-5-4-6-20(14-18)28-3/h4-10,13-15,26H,11-12H2,1-3H3,(H,24,27). The van der Waals surface area contributed by atoms with Crippen LogP contribution in [0.3, 0.4) is 0 Å². The molecule has 0 aliphatic heterocycles. The molecule has 0 spiro atoms. The lowest BCUT2D eigenvalue weighted by atomic mass is 10.1. The molecule has 0 radical (unpaired) electrons. The number of hydrogen-bond donors (Lipinski definition) is 2. The summed E-state index contributed by atoms with van der Waals surface area (Å²) in [5.41, 5.74) is 5.75. The highest BCUT2D eigenvalue weighted by molar-refractivity contribution is 5.92. The van der Waals surface area contributed by atoms with Gasteiger partial charge in [0, 0.05) is 12.2 Å². The van der Waals surface area contributed by atoms with Crippen LogP contribution in [0.5, 0.6) is 5.75 Å². The van der Waals surface area contributed by atoms with E-state index in [1.807, 2.05) is 30.3 Å². The lowest BCUT2D eigenvalue weighted by molar-refractivity contribution is 0.0949. The molecule has 1 amide bonds. The molecular weight excluding hydrogens is 350 g/mol. The quantitative estimate of drug-likeness (QED) is 0.641. The van der Waals surface area contributed by atoms with Gasteiger partial charge in [0.25, 0.3) is 5.91 Å². The maximum atomic E-state index is 12.3. The Bertz CT molecular complexity index is 952. The molecule has 3 rings (SSSR count). The van der Waals surface area contributed by atoms with E-state index in [-0.39, 0.29) is 5.91 Å². The fourth-order valence-corrected chi connectivity index (χ4v) is 2.87. The normalized spacial score (nSPS) is 10.4. The number of methoxy groups -OCH3 is 1. The van der Waals surface area contributed by atoms with Crippen molar-refractivity contribution in [1.82, 2.24) is 10.3 Å². The van der Waals surface area contributed by atoms with E-state index in [2.05, 4.69) is 47.7 Å². The number of aromatic nitrogens is 1. The summed E-state index contributed by atoms with van der Waals surface area (Å²) < 4.78 is 5.22.